The van der Waals surface area contributed by atoms with Crippen molar-refractivity contribution in [2.45, 2.75) is 72.0 Å². The van der Waals surface area contributed by atoms with Crippen molar-refractivity contribution < 1.29 is 41.0 Å². The summed E-state index contributed by atoms with van der Waals surface area (Å²) in [5, 5.41) is 0. The Hall–Kier alpha value is -2.19. The molecule has 0 aromatic heterocycles. The summed E-state index contributed by atoms with van der Waals surface area (Å²) >= 11 is 0. The van der Waals surface area contributed by atoms with E-state index in [0.717, 1.165) is 13.3 Å². The van der Waals surface area contributed by atoms with Gasteiger partial charge in [0.05, 0.1) is 5.56 Å². The van der Waals surface area contributed by atoms with Crippen molar-refractivity contribution in [2.24, 2.45) is 5.92 Å². The Balaban J connectivity index is 2.61. The summed E-state index contributed by atoms with van der Waals surface area (Å²) in [7, 11) is 0. The van der Waals surface area contributed by atoms with Crippen LogP contribution in [-0.2, 0) is 19.1 Å². The van der Waals surface area contributed by atoms with E-state index in [2.05, 4.69) is 0 Å². The molecule has 0 bridgehead atoms. The van der Waals surface area contributed by atoms with E-state index in [-0.39, 0.29) is 31.3 Å². The van der Waals surface area contributed by atoms with E-state index >= 15 is 0 Å². The summed E-state index contributed by atoms with van der Waals surface area (Å²) < 4.78 is 77.2. The Morgan fingerprint density at radius 2 is 1.24 bits per heavy atom. The summed E-state index contributed by atoms with van der Waals surface area (Å²) in [5.41, 5.74) is -1.23. The van der Waals surface area contributed by atoms with Gasteiger partial charge in [0.25, 0.3) is 0 Å². The summed E-state index contributed by atoms with van der Waals surface area (Å²) in [4.78, 5) is 23.7. The number of ether oxygens (including phenoxy) is 2. The van der Waals surface area contributed by atoms with Crippen molar-refractivity contribution in [3.05, 3.63) is 34.6 Å². The Bertz CT molecular complexity index is 707. The Kier molecular flexibility index (Phi) is 9.52. The van der Waals surface area contributed by atoms with Gasteiger partial charge in [-0.2, -0.15) is 0 Å². The first kappa shape index (κ1) is 24.8. The molecule has 1 rings (SSSR count). The molecule has 0 N–H and O–H groups in total. The minimum atomic E-state index is -2.29. The highest BCUT2D eigenvalue weighted by Gasteiger charge is 2.30. The molecule has 0 radical (unpaired) electrons. The van der Waals surface area contributed by atoms with Gasteiger partial charge in [-0.25, -0.2) is 22.0 Å². The van der Waals surface area contributed by atoms with E-state index in [1.165, 1.54) is 0 Å². The average molecular weight is 424 g/mol. The van der Waals surface area contributed by atoms with Gasteiger partial charge in [-0.15, -0.1) is 0 Å². The molecule has 2 atom stereocenters. The van der Waals surface area contributed by atoms with Gasteiger partial charge in [-0.1, -0.05) is 27.2 Å². The molecule has 0 aliphatic carbocycles. The van der Waals surface area contributed by atoms with Crippen molar-refractivity contribution in [1.82, 2.24) is 0 Å². The van der Waals surface area contributed by atoms with Crippen LogP contribution in [0.25, 0.3) is 0 Å². The van der Waals surface area contributed by atoms with Crippen LogP contribution in [0.2, 0.25) is 0 Å². The fourth-order valence-electron chi connectivity index (χ4n) is 2.71. The number of carbonyl (C=O) groups excluding carboxylic acids is 2. The van der Waals surface area contributed by atoms with Crippen LogP contribution in [0.5, 0.6) is 0 Å². The quantitative estimate of drug-likeness (QED) is 0.215. The predicted molar refractivity (Wildman–Crippen MR) is 94.2 cm³/mol. The largest absolute Gasteiger partial charge is 0.462 e. The SMILES string of the molecule is CCCC(OC(=O)CCCC(=O)OC(C)c1c(F)c(F)c(F)c(F)c1F)C(C)C. The first-order valence-corrected chi connectivity index (χ1v) is 9.41. The maximum absolute atomic E-state index is 13.7. The molecule has 0 aliphatic rings. The smallest absolute Gasteiger partial charge is 0.306 e. The van der Waals surface area contributed by atoms with Crippen LogP contribution in [0.4, 0.5) is 22.0 Å². The minimum absolute atomic E-state index is 0.0540. The lowest BCUT2D eigenvalue weighted by Crippen LogP contribution is -2.23. The van der Waals surface area contributed by atoms with Crippen molar-refractivity contribution in [3.8, 4) is 0 Å². The summed E-state index contributed by atoms with van der Waals surface area (Å²) in [5.74, 6) is -11.9. The number of hydrogen-bond acceptors (Lipinski definition) is 4. The summed E-state index contributed by atoms with van der Waals surface area (Å²) in [6.07, 6.45) is -0.669. The summed E-state index contributed by atoms with van der Waals surface area (Å²) in [6.45, 7) is 6.80. The fraction of sp³-hybridized carbons (Fsp3) is 0.600. The molecule has 0 amide bonds. The molecular formula is C20H25F5O4. The Labute approximate surface area is 166 Å². The first-order valence-electron chi connectivity index (χ1n) is 9.41. The van der Waals surface area contributed by atoms with Gasteiger partial charge in [-0.3, -0.25) is 9.59 Å². The lowest BCUT2D eigenvalue weighted by Gasteiger charge is -2.20. The molecule has 0 aliphatic heterocycles. The van der Waals surface area contributed by atoms with E-state index < -0.39 is 52.7 Å². The zero-order chi connectivity index (χ0) is 22.3. The predicted octanol–water partition coefficient (Wildman–Crippen LogP) is 5.52. The van der Waals surface area contributed by atoms with Gasteiger partial charge in [0.1, 0.15) is 12.2 Å². The molecule has 1 aromatic carbocycles. The third-order valence-electron chi connectivity index (χ3n) is 4.32. The topological polar surface area (TPSA) is 52.6 Å². The molecule has 0 saturated carbocycles. The molecule has 4 nitrogen and oxygen atoms in total. The number of esters is 2. The highest BCUT2D eigenvalue weighted by Crippen LogP contribution is 2.29. The average Bonchev–Trinajstić information content (AvgIpc) is 2.64. The zero-order valence-corrected chi connectivity index (χ0v) is 16.8. The molecule has 0 saturated heterocycles. The third-order valence-corrected chi connectivity index (χ3v) is 4.32. The summed E-state index contributed by atoms with van der Waals surface area (Å²) in [6, 6.07) is 0. The monoisotopic (exact) mass is 424 g/mol. The van der Waals surface area contributed by atoms with Crippen LogP contribution in [0, 0.1) is 35.0 Å². The molecule has 9 heteroatoms. The highest BCUT2D eigenvalue weighted by molar-refractivity contribution is 5.72. The minimum Gasteiger partial charge on any atom is -0.462 e. The molecule has 2 unspecified atom stereocenters. The van der Waals surface area contributed by atoms with Crippen molar-refractivity contribution in [1.29, 1.82) is 0 Å². The second-order valence-corrected chi connectivity index (χ2v) is 7.03. The van der Waals surface area contributed by atoms with Gasteiger partial charge < -0.3 is 9.47 Å². The van der Waals surface area contributed by atoms with E-state index in [1.54, 1.807) is 0 Å². The molecule has 0 heterocycles. The molecule has 164 valence electrons. The highest BCUT2D eigenvalue weighted by atomic mass is 19.2. The Morgan fingerprint density at radius 3 is 1.69 bits per heavy atom. The molecule has 0 fully saturated rings. The van der Waals surface area contributed by atoms with Gasteiger partial charge in [0, 0.05) is 12.8 Å². The first-order chi connectivity index (χ1) is 13.5. The lowest BCUT2D eigenvalue weighted by atomic mass is 10.0. The number of rotatable bonds is 10. The van der Waals surface area contributed by atoms with Crippen LogP contribution >= 0.6 is 0 Å². The molecule has 29 heavy (non-hydrogen) atoms. The molecule has 0 spiro atoms. The number of carbonyl (C=O) groups is 2. The van der Waals surface area contributed by atoms with Crippen molar-refractivity contribution >= 4 is 11.9 Å². The van der Waals surface area contributed by atoms with Crippen LogP contribution in [-0.4, -0.2) is 18.0 Å². The standard InChI is InChI=1S/C20H25F5O4/c1-5-7-12(10(2)3)29-14(27)9-6-8-13(26)28-11(4)15-16(21)18(23)20(25)19(24)17(15)22/h10-12H,5-9H2,1-4H3. The number of benzene rings is 1. The van der Waals surface area contributed by atoms with E-state index in [4.69, 9.17) is 9.47 Å². The van der Waals surface area contributed by atoms with Crippen molar-refractivity contribution in [3.63, 3.8) is 0 Å². The zero-order valence-electron chi connectivity index (χ0n) is 16.8. The number of halogens is 5. The van der Waals surface area contributed by atoms with E-state index in [0.29, 0.717) is 6.42 Å². The van der Waals surface area contributed by atoms with Gasteiger partial charge in [0.2, 0.25) is 5.82 Å². The van der Waals surface area contributed by atoms with Crippen LogP contribution < -0.4 is 0 Å². The molecule has 1 aromatic rings. The second-order valence-electron chi connectivity index (χ2n) is 7.03. The third kappa shape index (κ3) is 6.68. The second kappa shape index (κ2) is 11.1. The lowest BCUT2D eigenvalue weighted by molar-refractivity contribution is -0.152. The maximum atomic E-state index is 13.7. The normalized spacial score (nSPS) is 13.3. The van der Waals surface area contributed by atoms with Crippen LogP contribution in [0.15, 0.2) is 0 Å². The van der Waals surface area contributed by atoms with Crippen molar-refractivity contribution in [2.75, 3.05) is 0 Å². The van der Waals surface area contributed by atoms with Crippen LogP contribution in [0.3, 0.4) is 0 Å². The van der Waals surface area contributed by atoms with E-state index in [1.807, 2.05) is 20.8 Å². The van der Waals surface area contributed by atoms with E-state index in [9.17, 15) is 31.5 Å². The van der Waals surface area contributed by atoms with Gasteiger partial charge in [-0.05, 0) is 25.7 Å². The van der Waals surface area contributed by atoms with Gasteiger partial charge in [0.15, 0.2) is 23.3 Å². The van der Waals surface area contributed by atoms with Gasteiger partial charge >= 0.3 is 11.9 Å². The fourth-order valence-corrected chi connectivity index (χ4v) is 2.71. The number of hydrogen-bond donors (Lipinski definition) is 0. The Morgan fingerprint density at radius 1 is 0.793 bits per heavy atom. The maximum Gasteiger partial charge on any atom is 0.306 e. The molecular weight excluding hydrogens is 399 g/mol. The van der Waals surface area contributed by atoms with Crippen LogP contribution in [0.1, 0.15) is 71.5 Å².